The molecule has 28 heavy (non-hydrogen) atoms. The van der Waals surface area contributed by atoms with E-state index in [2.05, 4.69) is 5.32 Å². The number of nitrogens with one attached hydrogen (secondary N) is 1. The van der Waals surface area contributed by atoms with Crippen LogP contribution in [0.25, 0.3) is 0 Å². The Morgan fingerprint density at radius 2 is 1.96 bits per heavy atom. The molecule has 0 atom stereocenters. The van der Waals surface area contributed by atoms with E-state index < -0.39 is 39.9 Å². The molecule has 0 saturated carbocycles. The Labute approximate surface area is 164 Å². The van der Waals surface area contributed by atoms with E-state index in [0.29, 0.717) is 12.5 Å². The fourth-order valence-corrected chi connectivity index (χ4v) is 3.95. The van der Waals surface area contributed by atoms with Crippen molar-refractivity contribution in [1.82, 2.24) is 9.62 Å². The molecule has 156 valence electrons. The molecular weight excluding hydrogens is 391 g/mol. The van der Waals surface area contributed by atoms with Crippen molar-refractivity contribution >= 4 is 21.9 Å². The van der Waals surface area contributed by atoms with Crippen molar-refractivity contribution in [1.29, 1.82) is 0 Å². The Morgan fingerprint density at radius 1 is 1.29 bits per heavy atom. The molecule has 1 heterocycles. The van der Waals surface area contributed by atoms with Crippen molar-refractivity contribution in [3.63, 3.8) is 0 Å². The number of carbonyl (C=O) groups excluding carboxylic acids is 2. The van der Waals surface area contributed by atoms with Crippen LogP contribution < -0.4 is 5.32 Å². The van der Waals surface area contributed by atoms with Crippen LogP contribution in [-0.4, -0.2) is 64.1 Å². The summed E-state index contributed by atoms with van der Waals surface area (Å²) >= 11 is 0. The molecule has 0 aliphatic carbocycles. The zero-order valence-corrected chi connectivity index (χ0v) is 16.8. The van der Waals surface area contributed by atoms with Gasteiger partial charge in [0.05, 0.1) is 23.7 Å². The topological polar surface area (TPSA) is 102 Å². The van der Waals surface area contributed by atoms with Gasteiger partial charge in [-0.25, -0.2) is 17.6 Å². The molecule has 1 aromatic carbocycles. The zero-order valence-electron chi connectivity index (χ0n) is 15.9. The molecule has 2 rings (SSSR count). The van der Waals surface area contributed by atoms with Crippen LogP contribution in [-0.2, 0) is 24.3 Å². The summed E-state index contributed by atoms with van der Waals surface area (Å²) < 4.78 is 50.5. The number of halogens is 1. The number of hydrogen-bond donors (Lipinski definition) is 1. The maximum atomic E-state index is 14.0. The van der Waals surface area contributed by atoms with Crippen LogP contribution in [0.2, 0.25) is 0 Å². The SMILES string of the molecule is CC(C)CCNC(=O)COC(=O)c1cc(S(=O)(=O)N2CCOCC2)ccc1F. The van der Waals surface area contributed by atoms with Gasteiger partial charge in [-0.1, -0.05) is 13.8 Å². The highest BCUT2D eigenvalue weighted by Gasteiger charge is 2.28. The number of nitrogens with zero attached hydrogens (tertiary/aromatic N) is 1. The van der Waals surface area contributed by atoms with Gasteiger partial charge in [-0.15, -0.1) is 0 Å². The smallest absolute Gasteiger partial charge is 0.341 e. The summed E-state index contributed by atoms with van der Waals surface area (Å²) in [6.07, 6.45) is 0.774. The predicted molar refractivity (Wildman–Crippen MR) is 98.7 cm³/mol. The first-order valence-electron chi connectivity index (χ1n) is 9.03. The van der Waals surface area contributed by atoms with Crippen LogP contribution in [0, 0.1) is 11.7 Å². The first-order valence-corrected chi connectivity index (χ1v) is 10.5. The maximum absolute atomic E-state index is 14.0. The highest BCUT2D eigenvalue weighted by molar-refractivity contribution is 7.89. The molecule has 1 saturated heterocycles. The number of benzene rings is 1. The summed E-state index contributed by atoms with van der Waals surface area (Å²) in [5.41, 5.74) is -0.538. The second-order valence-electron chi connectivity index (χ2n) is 6.77. The van der Waals surface area contributed by atoms with E-state index in [4.69, 9.17) is 9.47 Å². The first kappa shape index (κ1) is 22.3. The van der Waals surface area contributed by atoms with E-state index in [0.717, 1.165) is 24.6 Å². The lowest BCUT2D eigenvalue weighted by Crippen LogP contribution is -2.40. The average molecular weight is 416 g/mol. The number of rotatable bonds is 8. The minimum Gasteiger partial charge on any atom is -0.452 e. The Hall–Kier alpha value is -2.04. The van der Waals surface area contributed by atoms with Gasteiger partial charge in [-0.3, -0.25) is 4.79 Å². The molecular formula is C18H25FN2O6S. The largest absolute Gasteiger partial charge is 0.452 e. The van der Waals surface area contributed by atoms with Gasteiger partial charge >= 0.3 is 5.97 Å². The maximum Gasteiger partial charge on any atom is 0.341 e. The molecule has 8 nitrogen and oxygen atoms in total. The van der Waals surface area contributed by atoms with Crippen LogP contribution >= 0.6 is 0 Å². The van der Waals surface area contributed by atoms with E-state index in [1.54, 1.807) is 0 Å². The van der Waals surface area contributed by atoms with E-state index in [-0.39, 0.29) is 31.2 Å². The van der Waals surface area contributed by atoms with Crippen LogP contribution in [0.3, 0.4) is 0 Å². The molecule has 0 radical (unpaired) electrons. The number of esters is 1. The predicted octanol–water partition coefficient (Wildman–Crippen LogP) is 1.17. The van der Waals surface area contributed by atoms with Crippen LogP contribution in [0.4, 0.5) is 4.39 Å². The Kier molecular flexibility index (Phi) is 7.90. The molecule has 1 amide bonds. The van der Waals surface area contributed by atoms with Crippen molar-refractivity contribution in [3.05, 3.63) is 29.6 Å². The third-order valence-corrected chi connectivity index (χ3v) is 6.04. The number of morpholine rings is 1. The van der Waals surface area contributed by atoms with E-state index in [1.807, 2.05) is 13.8 Å². The summed E-state index contributed by atoms with van der Waals surface area (Å²) in [6.45, 7) is 4.76. The number of hydrogen-bond acceptors (Lipinski definition) is 6. The van der Waals surface area contributed by atoms with Gasteiger partial charge in [-0.05, 0) is 30.5 Å². The van der Waals surface area contributed by atoms with Gasteiger partial charge in [0.25, 0.3) is 5.91 Å². The number of amides is 1. The van der Waals surface area contributed by atoms with Gasteiger partial charge in [0.15, 0.2) is 6.61 Å². The normalized spacial score (nSPS) is 15.4. The first-order chi connectivity index (χ1) is 13.2. The van der Waals surface area contributed by atoms with E-state index in [9.17, 15) is 22.4 Å². The molecule has 0 spiro atoms. The van der Waals surface area contributed by atoms with E-state index >= 15 is 0 Å². The van der Waals surface area contributed by atoms with Crippen LogP contribution in [0.15, 0.2) is 23.1 Å². The van der Waals surface area contributed by atoms with Gasteiger partial charge in [-0.2, -0.15) is 4.31 Å². The Balaban J connectivity index is 2.04. The standard InChI is InChI=1S/C18H25FN2O6S/c1-13(2)5-6-20-17(22)12-27-18(23)15-11-14(3-4-16(15)19)28(24,25)21-7-9-26-10-8-21/h3-4,11,13H,5-10,12H2,1-2H3,(H,20,22). The lowest BCUT2D eigenvalue weighted by Gasteiger charge is -2.26. The average Bonchev–Trinajstić information content (AvgIpc) is 2.66. The van der Waals surface area contributed by atoms with Crippen LogP contribution in [0.1, 0.15) is 30.6 Å². The number of carbonyl (C=O) groups is 2. The third-order valence-electron chi connectivity index (χ3n) is 4.14. The number of sulfonamides is 1. The lowest BCUT2D eigenvalue weighted by molar-refractivity contribution is -0.124. The molecule has 0 bridgehead atoms. The fraction of sp³-hybridized carbons (Fsp3) is 0.556. The zero-order chi connectivity index (χ0) is 20.7. The summed E-state index contributed by atoms with van der Waals surface area (Å²) in [5, 5.41) is 2.59. The highest BCUT2D eigenvalue weighted by atomic mass is 32.2. The molecule has 0 unspecified atom stereocenters. The van der Waals surface area contributed by atoms with Crippen molar-refractivity contribution in [2.24, 2.45) is 5.92 Å². The van der Waals surface area contributed by atoms with Crippen molar-refractivity contribution in [3.8, 4) is 0 Å². The summed E-state index contributed by atoms with van der Waals surface area (Å²) in [4.78, 5) is 23.6. The van der Waals surface area contributed by atoms with E-state index in [1.165, 1.54) is 4.31 Å². The molecule has 10 heteroatoms. The molecule has 0 aromatic heterocycles. The lowest BCUT2D eigenvalue weighted by atomic mass is 10.1. The summed E-state index contributed by atoms with van der Waals surface area (Å²) in [7, 11) is -3.89. The van der Waals surface area contributed by atoms with Crippen molar-refractivity contribution in [2.45, 2.75) is 25.2 Å². The summed E-state index contributed by atoms with van der Waals surface area (Å²) in [6, 6.07) is 2.92. The van der Waals surface area contributed by atoms with Gasteiger partial charge in [0.1, 0.15) is 5.82 Å². The van der Waals surface area contributed by atoms with Gasteiger partial charge in [0.2, 0.25) is 10.0 Å². The molecule has 1 aliphatic heterocycles. The van der Waals surface area contributed by atoms with Gasteiger partial charge in [0, 0.05) is 19.6 Å². The Morgan fingerprint density at radius 3 is 2.61 bits per heavy atom. The second kappa shape index (κ2) is 9.94. The quantitative estimate of drug-likeness (QED) is 0.638. The second-order valence-corrected chi connectivity index (χ2v) is 8.70. The minimum atomic E-state index is -3.89. The van der Waals surface area contributed by atoms with Crippen LogP contribution in [0.5, 0.6) is 0 Å². The fourth-order valence-electron chi connectivity index (χ4n) is 2.52. The van der Waals surface area contributed by atoms with Gasteiger partial charge < -0.3 is 14.8 Å². The molecule has 1 aromatic rings. The van der Waals surface area contributed by atoms with Crippen molar-refractivity contribution in [2.75, 3.05) is 39.5 Å². The highest BCUT2D eigenvalue weighted by Crippen LogP contribution is 2.20. The monoisotopic (exact) mass is 416 g/mol. The Bertz CT molecular complexity index is 806. The minimum absolute atomic E-state index is 0.177. The summed E-state index contributed by atoms with van der Waals surface area (Å²) in [5.74, 6) is -2.12. The third kappa shape index (κ3) is 5.98. The molecule has 1 N–H and O–H groups in total. The molecule has 1 fully saturated rings. The van der Waals surface area contributed by atoms with Crippen molar-refractivity contribution < 1.29 is 31.9 Å². The molecule has 1 aliphatic rings. The number of ether oxygens (including phenoxy) is 2.